The van der Waals surface area contributed by atoms with Crippen LogP contribution in [0, 0.1) is 0 Å². The Bertz CT molecular complexity index is 629. The summed E-state index contributed by atoms with van der Waals surface area (Å²) in [4.78, 5) is 12.1. The molecule has 1 fully saturated rings. The van der Waals surface area contributed by atoms with Gasteiger partial charge in [-0.2, -0.15) is 0 Å². The lowest BCUT2D eigenvalue weighted by atomic mass is 10.2. The van der Waals surface area contributed by atoms with E-state index < -0.39 is 10.0 Å². The van der Waals surface area contributed by atoms with Gasteiger partial charge in [0.2, 0.25) is 10.0 Å². The molecule has 0 saturated heterocycles. The van der Waals surface area contributed by atoms with Crippen LogP contribution in [0.25, 0.3) is 0 Å². The van der Waals surface area contributed by atoms with E-state index in [0.717, 1.165) is 12.8 Å². The van der Waals surface area contributed by atoms with Crippen molar-refractivity contribution in [1.29, 1.82) is 0 Å². The van der Waals surface area contributed by atoms with Crippen LogP contribution in [0.15, 0.2) is 27.6 Å². The maximum atomic E-state index is 12.2. The highest BCUT2D eigenvalue weighted by Gasteiger charge is 2.28. The van der Waals surface area contributed by atoms with Crippen molar-refractivity contribution in [3.05, 3.63) is 28.2 Å². The predicted molar refractivity (Wildman–Crippen MR) is 81.7 cm³/mol. The highest BCUT2D eigenvalue weighted by molar-refractivity contribution is 9.10. The third-order valence-electron chi connectivity index (χ3n) is 2.98. The molecule has 0 bridgehead atoms. The molecule has 1 aliphatic carbocycles. The van der Waals surface area contributed by atoms with E-state index in [0.29, 0.717) is 17.6 Å². The van der Waals surface area contributed by atoms with Crippen LogP contribution in [-0.2, 0) is 14.8 Å². The Morgan fingerprint density at radius 2 is 2.14 bits per heavy atom. The van der Waals surface area contributed by atoms with E-state index in [1.165, 1.54) is 12.1 Å². The lowest BCUT2D eigenvalue weighted by Crippen LogP contribution is -2.28. The number of benzene rings is 1. The van der Waals surface area contributed by atoms with Gasteiger partial charge < -0.3 is 10.1 Å². The van der Waals surface area contributed by atoms with Crippen molar-refractivity contribution in [3.8, 4) is 0 Å². The summed E-state index contributed by atoms with van der Waals surface area (Å²) in [6.07, 6.45) is 1.72. The summed E-state index contributed by atoms with van der Waals surface area (Å²) in [5, 5.41) is 2.66. The van der Waals surface area contributed by atoms with Crippen molar-refractivity contribution in [2.45, 2.75) is 23.8 Å². The van der Waals surface area contributed by atoms with Crippen LogP contribution < -0.4 is 10.0 Å². The average molecular weight is 377 g/mol. The smallest absolute Gasteiger partial charge is 0.252 e. The maximum Gasteiger partial charge on any atom is 0.252 e. The first-order valence-corrected chi connectivity index (χ1v) is 8.80. The predicted octanol–water partition coefficient (Wildman–Crippen LogP) is 1.27. The molecule has 1 aromatic carbocycles. The van der Waals surface area contributed by atoms with E-state index in [-0.39, 0.29) is 22.4 Å². The van der Waals surface area contributed by atoms with Crippen molar-refractivity contribution in [3.63, 3.8) is 0 Å². The van der Waals surface area contributed by atoms with E-state index in [1.807, 2.05) is 0 Å². The zero-order valence-corrected chi connectivity index (χ0v) is 14.0. The highest BCUT2D eigenvalue weighted by Crippen LogP contribution is 2.25. The molecule has 0 heterocycles. The first kappa shape index (κ1) is 16.4. The standard InChI is InChI=1S/C13H17BrN2O4S/c1-20-7-6-15-13(17)11-8-10(4-5-12(11)14)21(18,19)16-9-2-3-9/h4-5,8-9,16H,2-3,6-7H2,1H3,(H,15,17). The quantitative estimate of drug-likeness (QED) is 0.701. The lowest BCUT2D eigenvalue weighted by Gasteiger charge is -2.10. The number of halogens is 1. The van der Waals surface area contributed by atoms with Gasteiger partial charge in [-0.05, 0) is 47.0 Å². The molecule has 1 amide bonds. The van der Waals surface area contributed by atoms with Gasteiger partial charge in [-0.15, -0.1) is 0 Å². The third kappa shape index (κ3) is 4.50. The second kappa shape index (κ2) is 6.87. The molecule has 21 heavy (non-hydrogen) atoms. The normalized spacial score (nSPS) is 15.0. The molecule has 8 heteroatoms. The summed E-state index contributed by atoms with van der Waals surface area (Å²) >= 11 is 3.26. The summed E-state index contributed by atoms with van der Waals surface area (Å²) in [5.41, 5.74) is 0.282. The van der Waals surface area contributed by atoms with Gasteiger partial charge in [0.15, 0.2) is 0 Å². The minimum Gasteiger partial charge on any atom is -0.383 e. The van der Waals surface area contributed by atoms with Gasteiger partial charge in [0.25, 0.3) is 5.91 Å². The van der Waals surface area contributed by atoms with Gasteiger partial charge in [-0.1, -0.05) is 0 Å². The Balaban J connectivity index is 2.18. The number of hydrogen-bond acceptors (Lipinski definition) is 4. The fourth-order valence-electron chi connectivity index (χ4n) is 1.70. The Kier molecular flexibility index (Phi) is 5.37. The number of ether oxygens (including phenoxy) is 1. The van der Waals surface area contributed by atoms with Crippen LogP contribution in [0.4, 0.5) is 0 Å². The van der Waals surface area contributed by atoms with Gasteiger partial charge in [-0.3, -0.25) is 4.79 Å². The van der Waals surface area contributed by atoms with Gasteiger partial charge >= 0.3 is 0 Å². The monoisotopic (exact) mass is 376 g/mol. The number of rotatable bonds is 7. The largest absolute Gasteiger partial charge is 0.383 e. The van der Waals surface area contributed by atoms with Crippen molar-refractivity contribution in [2.75, 3.05) is 20.3 Å². The molecular formula is C13H17BrN2O4S. The number of methoxy groups -OCH3 is 1. The Hall–Kier alpha value is -0.960. The lowest BCUT2D eigenvalue weighted by molar-refractivity contribution is 0.0936. The summed E-state index contributed by atoms with van der Waals surface area (Å²) < 4.78 is 32.3. The molecule has 2 N–H and O–H groups in total. The highest BCUT2D eigenvalue weighted by atomic mass is 79.9. The summed E-state index contributed by atoms with van der Waals surface area (Å²) in [6, 6.07) is 4.43. The molecule has 0 radical (unpaired) electrons. The van der Waals surface area contributed by atoms with Crippen molar-refractivity contribution in [1.82, 2.24) is 10.0 Å². The van der Waals surface area contributed by atoms with Crippen molar-refractivity contribution >= 4 is 31.9 Å². The van der Waals surface area contributed by atoms with Crippen molar-refractivity contribution < 1.29 is 17.9 Å². The van der Waals surface area contributed by atoms with Gasteiger partial charge in [0, 0.05) is 24.2 Å². The molecule has 0 aliphatic heterocycles. The topological polar surface area (TPSA) is 84.5 Å². The zero-order valence-electron chi connectivity index (χ0n) is 11.6. The second-order valence-corrected chi connectivity index (χ2v) is 7.35. The molecule has 0 atom stereocenters. The fourth-order valence-corrected chi connectivity index (χ4v) is 3.45. The first-order chi connectivity index (χ1) is 9.94. The molecule has 1 saturated carbocycles. The van der Waals surface area contributed by atoms with E-state index >= 15 is 0 Å². The number of hydrogen-bond donors (Lipinski definition) is 2. The summed E-state index contributed by atoms with van der Waals surface area (Å²) in [5.74, 6) is -0.345. The van der Waals surface area contributed by atoms with Crippen LogP contribution in [0.5, 0.6) is 0 Å². The first-order valence-electron chi connectivity index (χ1n) is 6.53. The molecular weight excluding hydrogens is 360 g/mol. The summed E-state index contributed by atoms with van der Waals surface area (Å²) in [7, 11) is -2.03. The van der Waals surface area contributed by atoms with Gasteiger partial charge in [-0.25, -0.2) is 13.1 Å². The van der Waals surface area contributed by atoms with Crippen LogP contribution in [0.2, 0.25) is 0 Å². The molecule has 6 nitrogen and oxygen atoms in total. The molecule has 1 aliphatic rings. The van der Waals surface area contributed by atoms with E-state index in [1.54, 1.807) is 13.2 Å². The Labute approximate surface area is 132 Å². The number of carbonyl (C=O) groups is 1. The molecule has 2 rings (SSSR count). The Morgan fingerprint density at radius 3 is 2.76 bits per heavy atom. The minimum atomic E-state index is -3.57. The van der Waals surface area contributed by atoms with Crippen LogP contribution in [0.3, 0.4) is 0 Å². The van der Waals surface area contributed by atoms with E-state index in [9.17, 15) is 13.2 Å². The van der Waals surface area contributed by atoms with E-state index in [4.69, 9.17) is 4.74 Å². The van der Waals surface area contributed by atoms with Gasteiger partial charge in [0.05, 0.1) is 17.1 Å². The number of sulfonamides is 1. The molecule has 0 aromatic heterocycles. The molecule has 1 aromatic rings. The van der Waals surface area contributed by atoms with Crippen LogP contribution >= 0.6 is 15.9 Å². The molecule has 0 spiro atoms. The van der Waals surface area contributed by atoms with E-state index in [2.05, 4.69) is 26.0 Å². The van der Waals surface area contributed by atoms with Crippen molar-refractivity contribution in [2.24, 2.45) is 0 Å². The number of amides is 1. The van der Waals surface area contributed by atoms with Crippen LogP contribution in [0.1, 0.15) is 23.2 Å². The minimum absolute atomic E-state index is 0.0256. The maximum absolute atomic E-state index is 12.2. The summed E-state index contributed by atoms with van der Waals surface area (Å²) in [6.45, 7) is 0.754. The average Bonchev–Trinajstić information content (AvgIpc) is 3.22. The third-order valence-corrected chi connectivity index (χ3v) is 5.19. The number of carbonyl (C=O) groups excluding carboxylic acids is 1. The van der Waals surface area contributed by atoms with Crippen LogP contribution in [-0.4, -0.2) is 40.6 Å². The SMILES string of the molecule is COCCNC(=O)c1cc(S(=O)(=O)NC2CC2)ccc1Br. The Morgan fingerprint density at radius 1 is 1.43 bits per heavy atom. The zero-order chi connectivity index (χ0) is 15.5. The fraction of sp³-hybridized carbons (Fsp3) is 0.462. The molecule has 0 unspecified atom stereocenters. The second-order valence-electron chi connectivity index (χ2n) is 4.79. The number of nitrogens with one attached hydrogen (secondary N) is 2. The molecule has 116 valence electrons. The van der Waals surface area contributed by atoms with Gasteiger partial charge in [0.1, 0.15) is 0 Å².